The summed E-state index contributed by atoms with van der Waals surface area (Å²) in [5.41, 5.74) is 9.65. The molecule has 22 heavy (non-hydrogen) atoms. The zero-order valence-electron chi connectivity index (χ0n) is 12.5. The first-order chi connectivity index (χ1) is 10.8. The van der Waals surface area contributed by atoms with Crippen molar-refractivity contribution in [3.05, 3.63) is 48.7 Å². The zero-order valence-corrected chi connectivity index (χ0v) is 12.5. The highest BCUT2D eigenvalue weighted by Gasteiger charge is 2.20. The Labute approximate surface area is 130 Å². The van der Waals surface area contributed by atoms with Crippen LogP contribution in [0, 0.1) is 0 Å². The zero-order chi connectivity index (χ0) is 14.9. The van der Waals surface area contributed by atoms with Crippen molar-refractivity contribution < 1.29 is 0 Å². The molecule has 0 spiro atoms. The Morgan fingerprint density at radius 1 is 1.05 bits per heavy atom. The number of nitrogens with one attached hydrogen (secondary N) is 1. The molecule has 1 aromatic carbocycles. The third-order valence-electron chi connectivity index (χ3n) is 4.41. The molecule has 112 valence electrons. The molecule has 0 amide bonds. The lowest BCUT2D eigenvalue weighted by atomic mass is 10.1. The number of nitrogens with two attached hydrogens (primary N) is 1. The summed E-state index contributed by atoms with van der Waals surface area (Å²) in [5.74, 6) is 1.09. The summed E-state index contributed by atoms with van der Waals surface area (Å²) in [6.07, 6.45) is 7.17. The third kappa shape index (κ3) is 2.30. The fourth-order valence-corrected chi connectivity index (χ4v) is 3.24. The van der Waals surface area contributed by atoms with Gasteiger partial charge in [0.15, 0.2) is 0 Å². The van der Waals surface area contributed by atoms with Gasteiger partial charge in [-0.3, -0.25) is 4.40 Å². The predicted octanol–water partition coefficient (Wildman–Crippen LogP) is 3.94. The number of nitrogens with zero attached hydrogens (tertiary/aromatic N) is 2. The summed E-state index contributed by atoms with van der Waals surface area (Å²) >= 11 is 0. The number of fused-ring (bicyclic) bond motifs is 1. The largest absolute Gasteiger partial charge is 0.399 e. The standard InChI is InChI=1S/C18H20N4/c19-14-10-8-13(9-11-14)17-18(20-15-5-1-2-6-15)22-12-4-3-7-16(22)21-17/h3-4,7-12,15,20H,1-2,5-6,19H2. The van der Waals surface area contributed by atoms with E-state index in [2.05, 4.69) is 15.9 Å². The lowest BCUT2D eigenvalue weighted by molar-refractivity contribution is 0.749. The van der Waals surface area contributed by atoms with Crippen LogP contribution in [0.3, 0.4) is 0 Å². The van der Waals surface area contributed by atoms with Crippen LogP contribution in [0.5, 0.6) is 0 Å². The van der Waals surface area contributed by atoms with Gasteiger partial charge in [0.25, 0.3) is 0 Å². The van der Waals surface area contributed by atoms with Crippen molar-refractivity contribution in [1.82, 2.24) is 9.38 Å². The Balaban J connectivity index is 1.83. The van der Waals surface area contributed by atoms with Crippen LogP contribution in [0.2, 0.25) is 0 Å². The number of aromatic nitrogens is 2. The van der Waals surface area contributed by atoms with E-state index < -0.39 is 0 Å². The number of hydrogen-bond donors (Lipinski definition) is 2. The van der Waals surface area contributed by atoms with Gasteiger partial charge in [-0.2, -0.15) is 0 Å². The molecule has 0 bridgehead atoms. The normalized spacial score (nSPS) is 15.5. The molecule has 0 aliphatic heterocycles. The van der Waals surface area contributed by atoms with Crippen LogP contribution in [-0.4, -0.2) is 15.4 Å². The van der Waals surface area contributed by atoms with Crippen molar-refractivity contribution in [2.45, 2.75) is 31.7 Å². The fourth-order valence-electron chi connectivity index (χ4n) is 3.24. The maximum absolute atomic E-state index is 5.81. The second kappa shape index (κ2) is 5.37. The second-order valence-electron chi connectivity index (χ2n) is 5.99. The van der Waals surface area contributed by atoms with E-state index in [0.717, 1.165) is 28.4 Å². The molecule has 4 nitrogen and oxygen atoms in total. The van der Waals surface area contributed by atoms with Crippen molar-refractivity contribution in [3.8, 4) is 11.3 Å². The van der Waals surface area contributed by atoms with E-state index in [0.29, 0.717) is 6.04 Å². The second-order valence-corrected chi connectivity index (χ2v) is 5.99. The summed E-state index contributed by atoms with van der Waals surface area (Å²) in [6.45, 7) is 0. The van der Waals surface area contributed by atoms with Crippen LogP contribution >= 0.6 is 0 Å². The number of rotatable bonds is 3. The highest BCUT2D eigenvalue weighted by Crippen LogP contribution is 2.32. The summed E-state index contributed by atoms with van der Waals surface area (Å²) in [7, 11) is 0. The van der Waals surface area contributed by atoms with Crippen molar-refractivity contribution in [1.29, 1.82) is 0 Å². The van der Waals surface area contributed by atoms with Gasteiger partial charge in [-0.05, 0) is 37.1 Å². The van der Waals surface area contributed by atoms with Crippen LogP contribution in [0.1, 0.15) is 25.7 Å². The van der Waals surface area contributed by atoms with Crippen LogP contribution in [0.25, 0.3) is 16.9 Å². The molecule has 1 fully saturated rings. The van der Waals surface area contributed by atoms with E-state index in [9.17, 15) is 0 Å². The number of imidazole rings is 1. The molecule has 0 unspecified atom stereocenters. The Bertz CT molecular complexity index is 782. The molecule has 2 aromatic heterocycles. The highest BCUT2D eigenvalue weighted by atomic mass is 15.1. The Hall–Kier alpha value is -2.49. The molecule has 1 saturated carbocycles. The molecule has 1 aliphatic carbocycles. The summed E-state index contributed by atoms with van der Waals surface area (Å²) in [5, 5.41) is 3.71. The maximum atomic E-state index is 5.81. The topological polar surface area (TPSA) is 55.3 Å². The minimum absolute atomic E-state index is 0.549. The van der Waals surface area contributed by atoms with Gasteiger partial charge < -0.3 is 11.1 Å². The minimum atomic E-state index is 0.549. The number of benzene rings is 1. The van der Waals surface area contributed by atoms with Gasteiger partial charge in [0.2, 0.25) is 0 Å². The van der Waals surface area contributed by atoms with Gasteiger partial charge in [0.05, 0.1) is 0 Å². The van der Waals surface area contributed by atoms with Gasteiger partial charge in [-0.15, -0.1) is 0 Å². The van der Waals surface area contributed by atoms with Gasteiger partial charge in [-0.1, -0.05) is 31.0 Å². The van der Waals surface area contributed by atoms with Crippen molar-refractivity contribution in [2.75, 3.05) is 11.1 Å². The molecule has 3 aromatic rings. The first-order valence-corrected chi connectivity index (χ1v) is 7.91. The Morgan fingerprint density at radius 3 is 2.59 bits per heavy atom. The maximum Gasteiger partial charge on any atom is 0.139 e. The van der Waals surface area contributed by atoms with Crippen LogP contribution in [-0.2, 0) is 0 Å². The number of pyridine rings is 1. The van der Waals surface area contributed by atoms with Gasteiger partial charge in [-0.25, -0.2) is 4.98 Å². The van der Waals surface area contributed by atoms with Crippen LogP contribution < -0.4 is 11.1 Å². The molecule has 4 rings (SSSR count). The number of nitrogen functional groups attached to an aromatic ring is 1. The van der Waals surface area contributed by atoms with Gasteiger partial charge in [0.1, 0.15) is 17.2 Å². The molecular formula is C18H20N4. The lowest BCUT2D eigenvalue weighted by Crippen LogP contribution is -2.16. The van der Waals surface area contributed by atoms with E-state index in [-0.39, 0.29) is 0 Å². The smallest absolute Gasteiger partial charge is 0.139 e. The molecule has 1 aliphatic rings. The van der Waals surface area contributed by atoms with Crippen molar-refractivity contribution >= 4 is 17.2 Å². The van der Waals surface area contributed by atoms with Crippen molar-refractivity contribution in [3.63, 3.8) is 0 Å². The Morgan fingerprint density at radius 2 is 1.82 bits per heavy atom. The van der Waals surface area contributed by atoms with Crippen LogP contribution in [0.15, 0.2) is 48.7 Å². The van der Waals surface area contributed by atoms with E-state index in [4.69, 9.17) is 10.7 Å². The molecule has 2 heterocycles. The van der Waals surface area contributed by atoms with E-state index >= 15 is 0 Å². The first-order valence-electron chi connectivity index (χ1n) is 7.91. The molecular weight excluding hydrogens is 272 g/mol. The quantitative estimate of drug-likeness (QED) is 0.719. The monoisotopic (exact) mass is 292 g/mol. The molecule has 4 heteroatoms. The summed E-state index contributed by atoms with van der Waals surface area (Å²) in [4.78, 5) is 4.81. The molecule has 0 radical (unpaired) electrons. The number of anilines is 2. The predicted molar refractivity (Wildman–Crippen MR) is 90.9 cm³/mol. The van der Waals surface area contributed by atoms with Gasteiger partial charge in [0, 0.05) is 23.5 Å². The molecule has 3 N–H and O–H groups in total. The SMILES string of the molecule is Nc1ccc(-c2nc3ccccn3c2NC2CCCC2)cc1. The Kier molecular flexibility index (Phi) is 3.22. The molecule has 0 saturated heterocycles. The minimum Gasteiger partial charge on any atom is -0.399 e. The van der Waals surface area contributed by atoms with Crippen molar-refractivity contribution in [2.24, 2.45) is 0 Å². The van der Waals surface area contributed by atoms with Crippen LogP contribution in [0.4, 0.5) is 11.5 Å². The van der Waals surface area contributed by atoms with Gasteiger partial charge >= 0.3 is 0 Å². The average Bonchev–Trinajstić information content (AvgIpc) is 3.17. The average molecular weight is 292 g/mol. The summed E-state index contributed by atoms with van der Waals surface area (Å²) < 4.78 is 2.14. The molecule has 0 atom stereocenters. The third-order valence-corrected chi connectivity index (χ3v) is 4.41. The fraction of sp³-hybridized carbons (Fsp3) is 0.278. The number of hydrogen-bond acceptors (Lipinski definition) is 3. The summed E-state index contributed by atoms with van der Waals surface area (Å²) in [6, 6.07) is 14.6. The van der Waals surface area contributed by atoms with E-state index in [1.54, 1.807) is 0 Å². The van der Waals surface area contributed by atoms with E-state index in [1.165, 1.54) is 25.7 Å². The highest BCUT2D eigenvalue weighted by molar-refractivity contribution is 5.77. The van der Waals surface area contributed by atoms with E-state index in [1.807, 2.05) is 42.5 Å². The lowest BCUT2D eigenvalue weighted by Gasteiger charge is -2.14. The first kappa shape index (κ1) is 13.2.